The second-order valence-corrected chi connectivity index (χ2v) is 6.97. The van der Waals surface area contributed by atoms with Crippen LogP contribution in [0, 0.1) is 18.8 Å². The lowest BCUT2D eigenvalue weighted by molar-refractivity contribution is 0.131. The number of aliphatic hydroxyl groups is 1. The Morgan fingerprint density at radius 1 is 1.10 bits per heavy atom. The smallest absolute Gasteiger partial charge is 0.0803 e. The summed E-state index contributed by atoms with van der Waals surface area (Å²) in [5.74, 6) is 1.30. The molecule has 120 valence electrons. The van der Waals surface area contributed by atoms with Crippen molar-refractivity contribution in [3.8, 4) is 0 Å². The van der Waals surface area contributed by atoms with Gasteiger partial charge in [0.05, 0.1) is 6.10 Å². The van der Waals surface area contributed by atoms with E-state index >= 15 is 0 Å². The Labute approximate surface area is 130 Å². The van der Waals surface area contributed by atoms with Crippen LogP contribution in [-0.4, -0.2) is 29.6 Å². The van der Waals surface area contributed by atoms with E-state index in [1.165, 1.54) is 0 Å². The molecule has 0 heterocycles. The van der Waals surface area contributed by atoms with E-state index in [2.05, 4.69) is 32.6 Å². The maximum atomic E-state index is 10.4. The molecule has 0 amide bonds. The van der Waals surface area contributed by atoms with Gasteiger partial charge in [0.1, 0.15) is 0 Å². The Balaban J connectivity index is 2.59. The number of anilines is 1. The van der Waals surface area contributed by atoms with E-state index in [-0.39, 0.29) is 0 Å². The van der Waals surface area contributed by atoms with Crippen molar-refractivity contribution in [3.05, 3.63) is 29.3 Å². The number of benzene rings is 1. The van der Waals surface area contributed by atoms with Crippen LogP contribution in [0.25, 0.3) is 0 Å². The minimum atomic E-state index is -0.435. The Kier molecular flexibility index (Phi) is 7.20. The van der Waals surface area contributed by atoms with Crippen LogP contribution in [0.5, 0.6) is 0 Å². The van der Waals surface area contributed by atoms with E-state index in [0.717, 1.165) is 42.9 Å². The molecule has 3 nitrogen and oxygen atoms in total. The van der Waals surface area contributed by atoms with Crippen molar-refractivity contribution in [3.63, 3.8) is 0 Å². The predicted octanol–water partition coefficient (Wildman–Crippen LogP) is 3.61. The fourth-order valence-corrected chi connectivity index (χ4v) is 2.63. The average Bonchev–Trinajstić information content (AvgIpc) is 2.37. The van der Waals surface area contributed by atoms with Gasteiger partial charge in [-0.1, -0.05) is 39.8 Å². The molecule has 0 spiro atoms. The Bertz CT molecular complexity index is 419. The van der Waals surface area contributed by atoms with Crippen molar-refractivity contribution < 1.29 is 5.11 Å². The minimum Gasteiger partial charge on any atom is -0.399 e. The van der Waals surface area contributed by atoms with E-state index in [9.17, 15) is 5.11 Å². The summed E-state index contributed by atoms with van der Waals surface area (Å²) >= 11 is 0. The van der Waals surface area contributed by atoms with Gasteiger partial charge in [-0.15, -0.1) is 0 Å². The normalized spacial score (nSPS) is 13.4. The van der Waals surface area contributed by atoms with Gasteiger partial charge in [-0.2, -0.15) is 0 Å². The van der Waals surface area contributed by atoms with Crippen LogP contribution < -0.4 is 5.73 Å². The highest BCUT2D eigenvalue weighted by molar-refractivity contribution is 5.48. The Hall–Kier alpha value is -1.06. The van der Waals surface area contributed by atoms with Crippen molar-refractivity contribution in [1.29, 1.82) is 0 Å². The van der Waals surface area contributed by atoms with Crippen LogP contribution in [-0.2, 0) is 0 Å². The highest BCUT2D eigenvalue weighted by atomic mass is 16.3. The van der Waals surface area contributed by atoms with Crippen LogP contribution in [0.2, 0.25) is 0 Å². The number of nitrogen functional groups attached to an aromatic ring is 1. The third-order valence-corrected chi connectivity index (χ3v) is 3.65. The lowest BCUT2D eigenvalue weighted by Gasteiger charge is -2.27. The monoisotopic (exact) mass is 292 g/mol. The van der Waals surface area contributed by atoms with E-state index in [1.807, 2.05) is 25.1 Å². The van der Waals surface area contributed by atoms with Crippen LogP contribution in [0.1, 0.15) is 51.3 Å². The third-order valence-electron chi connectivity index (χ3n) is 3.65. The number of aryl methyl sites for hydroxylation is 1. The summed E-state index contributed by atoms with van der Waals surface area (Å²) in [6, 6.07) is 5.86. The first-order chi connectivity index (χ1) is 9.79. The molecule has 1 unspecified atom stereocenters. The first-order valence-corrected chi connectivity index (χ1v) is 8.06. The minimum absolute atomic E-state index is 0.435. The van der Waals surface area contributed by atoms with Gasteiger partial charge < -0.3 is 15.7 Å². The van der Waals surface area contributed by atoms with Crippen molar-refractivity contribution in [2.45, 2.75) is 47.1 Å². The molecule has 1 aromatic rings. The van der Waals surface area contributed by atoms with Crippen LogP contribution in [0.15, 0.2) is 18.2 Å². The zero-order valence-electron chi connectivity index (χ0n) is 14.3. The van der Waals surface area contributed by atoms with Crippen molar-refractivity contribution in [2.75, 3.05) is 25.4 Å². The summed E-state index contributed by atoms with van der Waals surface area (Å²) in [6.45, 7) is 14.0. The average molecular weight is 292 g/mol. The molecule has 0 saturated carbocycles. The fraction of sp³-hybridized carbons (Fsp3) is 0.667. The van der Waals surface area contributed by atoms with Gasteiger partial charge in [-0.25, -0.2) is 0 Å². The number of hydrogen-bond acceptors (Lipinski definition) is 3. The van der Waals surface area contributed by atoms with Crippen LogP contribution in [0.4, 0.5) is 5.69 Å². The van der Waals surface area contributed by atoms with Crippen molar-refractivity contribution >= 4 is 5.69 Å². The molecular formula is C18H32N2O. The van der Waals surface area contributed by atoms with E-state index in [4.69, 9.17) is 5.73 Å². The van der Waals surface area contributed by atoms with E-state index in [1.54, 1.807) is 0 Å². The van der Waals surface area contributed by atoms with Crippen LogP contribution in [0.3, 0.4) is 0 Å². The molecule has 0 bridgehead atoms. The number of hydrogen-bond donors (Lipinski definition) is 2. The zero-order chi connectivity index (χ0) is 16.0. The maximum absolute atomic E-state index is 10.4. The number of aliphatic hydroxyl groups excluding tert-OH is 1. The molecule has 0 radical (unpaired) electrons. The van der Waals surface area contributed by atoms with E-state index in [0.29, 0.717) is 11.8 Å². The lowest BCUT2D eigenvalue weighted by atomic mass is 10.0. The summed E-state index contributed by atoms with van der Waals surface area (Å²) in [4.78, 5) is 2.45. The van der Waals surface area contributed by atoms with Gasteiger partial charge >= 0.3 is 0 Å². The lowest BCUT2D eigenvalue weighted by Crippen LogP contribution is -2.33. The summed E-state index contributed by atoms with van der Waals surface area (Å²) in [7, 11) is 0. The highest BCUT2D eigenvalue weighted by Gasteiger charge is 2.14. The number of nitrogens with zero attached hydrogens (tertiary/aromatic N) is 1. The molecule has 0 aliphatic carbocycles. The molecule has 21 heavy (non-hydrogen) atoms. The molecular weight excluding hydrogens is 260 g/mol. The zero-order valence-corrected chi connectivity index (χ0v) is 14.3. The molecule has 1 aromatic carbocycles. The molecule has 0 aromatic heterocycles. The molecule has 1 atom stereocenters. The van der Waals surface area contributed by atoms with Crippen molar-refractivity contribution in [2.24, 2.45) is 11.8 Å². The third kappa shape index (κ3) is 6.49. The summed E-state index contributed by atoms with van der Waals surface area (Å²) in [5.41, 5.74) is 8.67. The van der Waals surface area contributed by atoms with Gasteiger partial charge in [0.2, 0.25) is 0 Å². The Morgan fingerprint density at radius 3 is 2.14 bits per heavy atom. The van der Waals surface area contributed by atoms with Gasteiger partial charge in [0.15, 0.2) is 0 Å². The maximum Gasteiger partial charge on any atom is 0.0803 e. The van der Waals surface area contributed by atoms with Crippen LogP contribution >= 0.6 is 0 Å². The molecule has 1 rings (SSSR count). The predicted molar refractivity (Wildman–Crippen MR) is 91.3 cm³/mol. The topological polar surface area (TPSA) is 49.5 Å². The Morgan fingerprint density at radius 2 is 1.67 bits per heavy atom. The SMILES string of the molecule is Cc1ccc(C(O)CCN(CC(C)C)CC(C)C)cc1N. The molecule has 0 fully saturated rings. The van der Waals surface area contributed by atoms with E-state index < -0.39 is 6.10 Å². The summed E-state index contributed by atoms with van der Waals surface area (Å²) < 4.78 is 0. The first kappa shape index (κ1) is 18.0. The van der Waals surface area contributed by atoms with Gasteiger partial charge in [-0.3, -0.25) is 0 Å². The second kappa shape index (κ2) is 8.40. The van der Waals surface area contributed by atoms with Gasteiger partial charge in [0.25, 0.3) is 0 Å². The molecule has 0 aliphatic rings. The number of rotatable bonds is 8. The quantitative estimate of drug-likeness (QED) is 0.720. The second-order valence-electron chi connectivity index (χ2n) is 6.97. The molecule has 0 aliphatic heterocycles. The molecule has 3 N–H and O–H groups in total. The summed E-state index contributed by atoms with van der Waals surface area (Å²) in [5, 5.41) is 10.4. The van der Waals surface area contributed by atoms with Crippen molar-refractivity contribution in [1.82, 2.24) is 4.90 Å². The molecule has 3 heteroatoms. The van der Waals surface area contributed by atoms with Gasteiger partial charge in [-0.05, 0) is 42.4 Å². The largest absolute Gasteiger partial charge is 0.399 e. The fourth-order valence-electron chi connectivity index (χ4n) is 2.63. The van der Waals surface area contributed by atoms with Gasteiger partial charge in [0, 0.05) is 25.3 Å². The first-order valence-electron chi connectivity index (χ1n) is 8.06. The molecule has 0 saturated heterocycles. The standard InChI is InChI=1S/C18H32N2O/c1-13(2)11-20(12-14(3)4)9-8-18(21)16-7-6-15(5)17(19)10-16/h6-7,10,13-14,18,21H,8-9,11-12,19H2,1-5H3. The number of nitrogens with two attached hydrogens (primary N) is 1. The highest BCUT2D eigenvalue weighted by Crippen LogP contribution is 2.22. The summed E-state index contributed by atoms with van der Waals surface area (Å²) in [6.07, 6.45) is 0.316.